The predicted octanol–water partition coefficient (Wildman–Crippen LogP) is 2.79. The molecule has 2 N–H and O–H groups in total. The fourth-order valence-corrected chi connectivity index (χ4v) is 2.18. The molecule has 0 saturated heterocycles. The van der Waals surface area contributed by atoms with Crippen LogP contribution in [0.25, 0.3) is 0 Å². The lowest BCUT2D eigenvalue weighted by atomic mass is 10.1. The standard InChI is InChI=1S/C18H18FNO5/c1-11(12-3-6-14(19)7-4-12)20-17(21)10-25-15-8-5-13(18(22)23)9-16(15)24-2/h3-9,11H,10H2,1-2H3,(H,20,21)(H,22,23)/t11-/m0/s1. The van der Waals surface area contributed by atoms with Gasteiger partial charge in [0, 0.05) is 0 Å². The maximum atomic E-state index is 12.9. The second kappa shape index (κ2) is 8.14. The van der Waals surface area contributed by atoms with Crippen LogP contribution < -0.4 is 14.8 Å². The number of carbonyl (C=O) groups excluding carboxylic acids is 1. The van der Waals surface area contributed by atoms with Crippen LogP contribution in [-0.2, 0) is 4.79 Å². The first-order chi connectivity index (χ1) is 11.9. The molecule has 0 spiro atoms. The molecular formula is C18H18FNO5. The number of amides is 1. The highest BCUT2D eigenvalue weighted by molar-refractivity contribution is 5.88. The first-order valence-corrected chi connectivity index (χ1v) is 7.49. The van der Waals surface area contributed by atoms with Gasteiger partial charge in [-0.25, -0.2) is 9.18 Å². The minimum Gasteiger partial charge on any atom is -0.493 e. The normalized spacial score (nSPS) is 11.5. The van der Waals surface area contributed by atoms with Crippen molar-refractivity contribution in [2.45, 2.75) is 13.0 Å². The number of carbonyl (C=O) groups is 2. The quantitative estimate of drug-likeness (QED) is 0.804. The molecule has 0 unspecified atom stereocenters. The highest BCUT2D eigenvalue weighted by atomic mass is 19.1. The molecule has 6 nitrogen and oxygen atoms in total. The fraction of sp³-hybridized carbons (Fsp3) is 0.222. The van der Waals surface area contributed by atoms with Crippen LogP contribution in [0, 0.1) is 5.82 Å². The maximum absolute atomic E-state index is 12.9. The molecule has 2 aromatic carbocycles. The molecule has 0 aliphatic rings. The van der Waals surface area contributed by atoms with Crippen LogP contribution in [0.4, 0.5) is 4.39 Å². The summed E-state index contributed by atoms with van der Waals surface area (Å²) in [5.41, 5.74) is 0.816. The van der Waals surface area contributed by atoms with E-state index in [4.69, 9.17) is 14.6 Å². The molecule has 0 fully saturated rings. The minimum atomic E-state index is -1.09. The van der Waals surface area contributed by atoms with Gasteiger partial charge in [0.2, 0.25) is 0 Å². The summed E-state index contributed by atoms with van der Waals surface area (Å²) in [6.07, 6.45) is 0. The largest absolute Gasteiger partial charge is 0.493 e. The van der Waals surface area contributed by atoms with Crippen LogP contribution in [0.2, 0.25) is 0 Å². The lowest BCUT2D eigenvalue weighted by Crippen LogP contribution is -2.31. The van der Waals surface area contributed by atoms with Crippen molar-refractivity contribution in [1.82, 2.24) is 5.32 Å². The number of hydrogen-bond acceptors (Lipinski definition) is 4. The Balaban J connectivity index is 1.95. The summed E-state index contributed by atoms with van der Waals surface area (Å²) in [7, 11) is 1.38. The average molecular weight is 347 g/mol. The van der Waals surface area contributed by atoms with Gasteiger partial charge in [-0.05, 0) is 42.8 Å². The Morgan fingerprint density at radius 1 is 1.16 bits per heavy atom. The Labute approximate surface area is 144 Å². The number of halogens is 1. The van der Waals surface area contributed by atoms with Gasteiger partial charge in [-0.15, -0.1) is 0 Å². The van der Waals surface area contributed by atoms with Crippen LogP contribution in [0.15, 0.2) is 42.5 Å². The van der Waals surface area contributed by atoms with Crippen LogP contribution in [-0.4, -0.2) is 30.7 Å². The van der Waals surface area contributed by atoms with E-state index in [0.29, 0.717) is 0 Å². The fourth-order valence-electron chi connectivity index (χ4n) is 2.18. The SMILES string of the molecule is COc1cc(C(=O)O)ccc1OCC(=O)N[C@@H](C)c1ccc(F)cc1. The summed E-state index contributed by atoms with van der Waals surface area (Å²) < 4.78 is 23.4. The van der Waals surface area contributed by atoms with E-state index in [2.05, 4.69) is 5.32 Å². The van der Waals surface area contributed by atoms with Crippen molar-refractivity contribution in [3.8, 4) is 11.5 Å². The highest BCUT2D eigenvalue weighted by Crippen LogP contribution is 2.28. The zero-order valence-electron chi connectivity index (χ0n) is 13.8. The van der Waals surface area contributed by atoms with Gasteiger partial charge in [-0.3, -0.25) is 4.79 Å². The minimum absolute atomic E-state index is 0.0542. The molecule has 7 heteroatoms. The van der Waals surface area contributed by atoms with Gasteiger partial charge in [-0.2, -0.15) is 0 Å². The Kier molecular flexibility index (Phi) is 5.94. The molecular weight excluding hydrogens is 329 g/mol. The van der Waals surface area contributed by atoms with Gasteiger partial charge < -0.3 is 19.9 Å². The summed E-state index contributed by atoms with van der Waals surface area (Å²) in [4.78, 5) is 22.9. The molecule has 0 saturated carbocycles. The molecule has 0 aromatic heterocycles. The number of rotatable bonds is 7. The second-order valence-corrected chi connectivity index (χ2v) is 5.30. The van der Waals surface area contributed by atoms with Crippen molar-refractivity contribution < 1.29 is 28.6 Å². The van der Waals surface area contributed by atoms with Gasteiger partial charge in [0.05, 0.1) is 18.7 Å². The van der Waals surface area contributed by atoms with Gasteiger partial charge in [0.25, 0.3) is 5.91 Å². The molecule has 0 heterocycles. The monoisotopic (exact) mass is 347 g/mol. The first-order valence-electron chi connectivity index (χ1n) is 7.49. The maximum Gasteiger partial charge on any atom is 0.335 e. The number of ether oxygens (including phenoxy) is 2. The molecule has 1 amide bonds. The van der Waals surface area contributed by atoms with Crippen LogP contribution in [0.5, 0.6) is 11.5 Å². The number of aromatic carboxylic acids is 1. The Morgan fingerprint density at radius 3 is 2.44 bits per heavy atom. The summed E-state index contributed by atoms with van der Waals surface area (Å²) in [5, 5.41) is 11.7. The van der Waals surface area contributed by atoms with E-state index in [9.17, 15) is 14.0 Å². The van der Waals surface area contributed by atoms with E-state index >= 15 is 0 Å². The first kappa shape index (κ1) is 18.3. The number of nitrogens with one attached hydrogen (secondary N) is 1. The van der Waals surface area contributed by atoms with Gasteiger partial charge in [-0.1, -0.05) is 12.1 Å². The molecule has 0 aliphatic carbocycles. The number of benzene rings is 2. The molecule has 0 bridgehead atoms. The zero-order chi connectivity index (χ0) is 18.4. The van der Waals surface area contributed by atoms with Crippen molar-refractivity contribution in [3.05, 3.63) is 59.4 Å². The molecule has 2 rings (SSSR count). The van der Waals surface area contributed by atoms with Gasteiger partial charge in [0.1, 0.15) is 5.82 Å². The molecule has 0 radical (unpaired) electrons. The second-order valence-electron chi connectivity index (χ2n) is 5.30. The lowest BCUT2D eigenvalue weighted by molar-refractivity contribution is -0.123. The van der Waals surface area contributed by atoms with Crippen LogP contribution in [0.3, 0.4) is 0 Å². The van der Waals surface area contributed by atoms with Gasteiger partial charge in [0.15, 0.2) is 18.1 Å². The zero-order valence-corrected chi connectivity index (χ0v) is 13.8. The van der Waals surface area contributed by atoms with Gasteiger partial charge >= 0.3 is 5.97 Å². The van der Waals surface area contributed by atoms with Crippen molar-refractivity contribution in [1.29, 1.82) is 0 Å². The third kappa shape index (κ3) is 4.94. The summed E-state index contributed by atoms with van der Waals surface area (Å²) in [6, 6.07) is 9.62. The number of carboxylic acid groups (broad SMARTS) is 1. The Hall–Kier alpha value is -3.09. The molecule has 2 aromatic rings. The third-order valence-corrected chi connectivity index (χ3v) is 3.52. The van der Waals surface area contributed by atoms with E-state index in [-0.39, 0.29) is 41.4 Å². The summed E-state index contributed by atoms with van der Waals surface area (Å²) in [5.74, 6) is -1.32. The van der Waals surface area contributed by atoms with Crippen LogP contribution >= 0.6 is 0 Å². The number of carboxylic acids is 1. The summed E-state index contributed by atoms with van der Waals surface area (Å²) >= 11 is 0. The third-order valence-electron chi connectivity index (χ3n) is 3.52. The summed E-state index contributed by atoms with van der Waals surface area (Å²) in [6.45, 7) is 1.50. The van der Waals surface area contributed by atoms with Crippen molar-refractivity contribution in [2.75, 3.05) is 13.7 Å². The number of methoxy groups -OCH3 is 1. The van der Waals surface area contributed by atoms with Crippen molar-refractivity contribution in [3.63, 3.8) is 0 Å². The van der Waals surface area contributed by atoms with Crippen molar-refractivity contribution >= 4 is 11.9 Å². The van der Waals surface area contributed by atoms with Crippen LogP contribution in [0.1, 0.15) is 28.9 Å². The number of hydrogen-bond donors (Lipinski definition) is 2. The molecule has 1 atom stereocenters. The highest BCUT2D eigenvalue weighted by Gasteiger charge is 2.13. The van der Waals surface area contributed by atoms with E-state index in [1.165, 1.54) is 37.4 Å². The smallest absolute Gasteiger partial charge is 0.335 e. The predicted molar refractivity (Wildman–Crippen MR) is 88.4 cm³/mol. The van der Waals surface area contributed by atoms with E-state index in [1.54, 1.807) is 19.1 Å². The lowest BCUT2D eigenvalue weighted by Gasteiger charge is -2.15. The average Bonchev–Trinajstić information content (AvgIpc) is 2.60. The van der Waals surface area contributed by atoms with E-state index in [1.807, 2.05) is 0 Å². The van der Waals surface area contributed by atoms with E-state index < -0.39 is 5.97 Å². The Bertz CT molecular complexity index is 761. The Morgan fingerprint density at radius 2 is 1.84 bits per heavy atom. The van der Waals surface area contributed by atoms with Crippen molar-refractivity contribution in [2.24, 2.45) is 0 Å². The topological polar surface area (TPSA) is 84.9 Å². The molecule has 132 valence electrons. The molecule has 25 heavy (non-hydrogen) atoms. The molecule has 0 aliphatic heterocycles. The van der Waals surface area contributed by atoms with E-state index in [0.717, 1.165) is 5.56 Å².